The predicted molar refractivity (Wildman–Crippen MR) is 67.4 cm³/mol. The Kier molecular flexibility index (Phi) is 5.12. The molecule has 2 amide bonds. The normalized spacial score (nSPS) is 20.2. The van der Waals surface area contributed by atoms with E-state index in [2.05, 4.69) is 26.1 Å². The lowest BCUT2D eigenvalue weighted by molar-refractivity contribution is -0.150. The highest BCUT2D eigenvalue weighted by molar-refractivity contribution is 5.97. The molecule has 1 heterocycles. The summed E-state index contributed by atoms with van der Waals surface area (Å²) in [5.41, 5.74) is 0. The number of carbonyl (C=O) groups is 2. The van der Waals surface area contributed by atoms with E-state index in [1.54, 1.807) is 0 Å². The number of piperidine rings is 1. The van der Waals surface area contributed by atoms with Gasteiger partial charge in [0.25, 0.3) is 0 Å². The molecule has 0 aromatic heterocycles. The van der Waals surface area contributed by atoms with Crippen LogP contribution in [0.25, 0.3) is 0 Å². The van der Waals surface area contributed by atoms with Crippen LogP contribution >= 0.6 is 0 Å². The van der Waals surface area contributed by atoms with Gasteiger partial charge in [0, 0.05) is 25.4 Å². The van der Waals surface area contributed by atoms with Crippen LogP contribution in [0.3, 0.4) is 0 Å². The van der Waals surface area contributed by atoms with Crippen molar-refractivity contribution in [1.82, 2.24) is 10.2 Å². The molecule has 0 bridgehead atoms. The zero-order valence-corrected chi connectivity index (χ0v) is 11.3. The van der Waals surface area contributed by atoms with Crippen molar-refractivity contribution >= 4 is 11.8 Å². The van der Waals surface area contributed by atoms with Crippen molar-refractivity contribution in [3.8, 4) is 0 Å². The summed E-state index contributed by atoms with van der Waals surface area (Å²) in [6.07, 6.45) is 1.02. The molecule has 17 heavy (non-hydrogen) atoms. The number of amides is 2. The van der Waals surface area contributed by atoms with E-state index in [1.165, 1.54) is 4.90 Å². The van der Waals surface area contributed by atoms with Gasteiger partial charge in [-0.25, -0.2) is 0 Å². The SMILES string of the molecule is CC1CC(=O)N(CC(C)CNC(C)C)C(=O)C1. The molecule has 1 fully saturated rings. The molecule has 0 aromatic rings. The van der Waals surface area contributed by atoms with Crippen LogP contribution in [0.4, 0.5) is 0 Å². The summed E-state index contributed by atoms with van der Waals surface area (Å²) >= 11 is 0. The summed E-state index contributed by atoms with van der Waals surface area (Å²) in [6.45, 7) is 9.58. The van der Waals surface area contributed by atoms with Gasteiger partial charge in [0.2, 0.25) is 11.8 Å². The Hall–Kier alpha value is -0.900. The molecule has 1 rings (SSSR count). The van der Waals surface area contributed by atoms with Crippen LogP contribution in [-0.2, 0) is 9.59 Å². The number of hydrogen-bond acceptors (Lipinski definition) is 3. The number of hydrogen-bond donors (Lipinski definition) is 1. The summed E-state index contributed by atoms with van der Waals surface area (Å²) < 4.78 is 0. The van der Waals surface area contributed by atoms with Gasteiger partial charge in [-0.15, -0.1) is 0 Å². The van der Waals surface area contributed by atoms with Crippen molar-refractivity contribution in [2.75, 3.05) is 13.1 Å². The van der Waals surface area contributed by atoms with E-state index in [4.69, 9.17) is 0 Å². The highest BCUT2D eigenvalue weighted by Crippen LogP contribution is 2.19. The lowest BCUT2D eigenvalue weighted by atomic mass is 9.97. The molecule has 4 nitrogen and oxygen atoms in total. The minimum Gasteiger partial charge on any atom is -0.314 e. The molecule has 1 N–H and O–H groups in total. The maximum atomic E-state index is 11.8. The lowest BCUT2D eigenvalue weighted by Crippen LogP contribution is -2.46. The van der Waals surface area contributed by atoms with Crippen LogP contribution in [0, 0.1) is 11.8 Å². The molecule has 0 aromatic carbocycles. The van der Waals surface area contributed by atoms with Gasteiger partial charge in [0.1, 0.15) is 0 Å². The van der Waals surface area contributed by atoms with Gasteiger partial charge in [-0.2, -0.15) is 0 Å². The fourth-order valence-electron chi connectivity index (χ4n) is 2.04. The van der Waals surface area contributed by atoms with Crippen LogP contribution in [0.1, 0.15) is 40.5 Å². The van der Waals surface area contributed by atoms with Crippen molar-refractivity contribution in [3.05, 3.63) is 0 Å². The van der Waals surface area contributed by atoms with Gasteiger partial charge in [0.05, 0.1) is 0 Å². The van der Waals surface area contributed by atoms with E-state index in [0.717, 1.165) is 6.54 Å². The zero-order chi connectivity index (χ0) is 13.0. The Balaban J connectivity index is 2.44. The zero-order valence-electron chi connectivity index (χ0n) is 11.3. The lowest BCUT2D eigenvalue weighted by Gasteiger charge is -2.30. The van der Waals surface area contributed by atoms with Crippen molar-refractivity contribution in [2.45, 2.75) is 46.6 Å². The van der Waals surface area contributed by atoms with Gasteiger partial charge in [-0.05, 0) is 18.4 Å². The second-order valence-electron chi connectivity index (χ2n) is 5.58. The first-order valence-corrected chi connectivity index (χ1v) is 6.46. The summed E-state index contributed by atoms with van der Waals surface area (Å²) in [6, 6.07) is 0.435. The summed E-state index contributed by atoms with van der Waals surface area (Å²) in [5.74, 6) is 0.490. The molecule has 0 radical (unpaired) electrons. The monoisotopic (exact) mass is 240 g/mol. The maximum absolute atomic E-state index is 11.8. The largest absolute Gasteiger partial charge is 0.314 e. The van der Waals surface area contributed by atoms with E-state index in [-0.39, 0.29) is 17.7 Å². The summed E-state index contributed by atoms with van der Waals surface area (Å²) in [5, 5.41) is 3.32. The van der Waals surface area contributed by atoms with Gasteiger partial charge in [0.15, 0.2) is 0 Å². The molecule has 0 saturated carbocycles. The Bertz CT molecular complexity index is 271. The quantitative estimate of drug-likeness (QED) is 0.739. The first-order chi connectivity index (χ1) is 7.90. The minimum absolute atomic E-state index is 0.00912. The molecule has 1 aliphatic heterocycles. The number of likely N-dealkylation sites (tertiary alicyclic amines) is 1. The van der Waals surface area contributed by atoms with Crippen LogP contribution < -0.4 is 5.32 Å². The van der Waals surface area contributed by atoms with Crippen LogP contribution in [-0.4, -0.2) is 35.8 Å². The van der Waals surface area contributed by atoms with Gasteiger partial charge in [-0.1, -0.05) is 27.7 Å². The Morgan fingerprint density at radius 1 is 1.24 bits per heavy atom. The molecular weight excluding hydrogens is 216 g/mol. The molecule has 1 unspecified atom stereocenters. The highest BCUT2D eigenvalue weighted by Gasteiger charge is 2.30. The molecule has 98 valence electrons. The maximum Gasteiger partial charge on any atom is 0.229 e. The third-order valence-corrected chi connectivity index (χ3v) is 3.02. The Morgan fingerprint density at radius 2 is 1.76 bits per heavy atom. The van der Waals surface area contributed by atoms with Crippen molar-refractivity contribution in [3.63, 3.8) is 0 Å². The highest BCUT2D eigenvalue weighted by atomic mass is 16.2. The fourth-order valence-corrected chi connectivity index (χ4v) is 2.04. The Labute approximate surface area is 104 Å². The average molecular weight is 240 g/mol. The molecule has 1 saturated heterocycles. The molecule has 1 atom stereocenters. The van der Waals surface area contributed by atoms with Gasteiger partial charge < -0.3 is 5.32 Å². The van der Waals surface area contributed by atoms with E-state index >= 15 is 0 Å². The van der Waals surface area contributed by atoms with E-state index in [0.29, 0.717) is 31.3 Å². The predicted octanol–water partition coefficient (Wildman–Crippen LogP) is 1.41. The number of nitrogens with zero attached hydrogens (tertiary/aromatic N) is 1. The average Bonchev–Trinajstić information content (AvgIpc) is 2.20. The minimum atomic E-state index is -0.00912. The van der Waals surface area contributed by atoms with Crippen molar-refractivity contribution in [2.24, 2.45) is 11.8 Å². The first kappa shape index (κ1) is 14.2. The van der Waals surface area contributed by atoms with E-state index in [1.807, 2.05) is 6.92 Å². The van der Waals surface area contributed by atoms with E-state index in [9.17, 15) is 9.59 Å². The van der Waals surface area contributed by atoms with Crippen LogP contribution in [0.2, 0.25) is 0 Å². The fraction of sp³-hybridized carbons (Fsp3) is 0.846. The molecule has 1 aliphatic rings. The molecule has 0 spiro atoms. The smallest absolute Gasteiger partial charge is 0.229 e. The van der Waals surface area contributed by atoms with Gasteiger partial charge >= 0.3 is 0 Å². The van der Waals surface area contributed by atoms with Crippen molar-refractivity contribution in [1.29, 1.82) is 0 Å². The third kappa shape index (κ3) is 4.46. The van der Waals surface area contributed by atoms with Crippen LogP contribution in [0.5, 0.6) is 0 Å². The molecular formula is C13H24N2O2. The standard InChI is InChI=1S/C13H24N2O2/c1-9(2)14-7-11(4)8-15-12(16)5-10(3)6-13(15)17/h9-11,14H,5-8H2,1-4H3. The Morgan fingerprint density at radius 3 is 2.24 bits per heavy atom. The number of nitrogens with one attached hydrogen (secondary N) is 1. The topological polar surface area (TPSA) is 49.4 Å². The second kappa shape index (κ2) is 6.15. The van der Waals surface area contributed by atoms with Gasteiger partial charge in [-0.3, -0.25) is 14.5 Å². The van der Waals surface area contributed by atoms with Crippen LogP contribution in [0.15, 0.2) is 0 Å². The van der Waals surface area contributed by atoms with Crippen molar-refractivity contribution < 1.29 is 9.59 Å². The second-order valence-corrected chi connectivity index (χ2v) is 5.58. The number of carbonyl (C=O) groups excluding carboxylic acids is 2. The summed E-state index contributed by atoms with van der Waals surface area (Å²) in [4.78, 5) is 25.0. The third-order valence-electron chi connectivity index (χ3n) is 3.02. The first-order valence-electron chi connectivity index (χ1n) is 6.46. The number of imide groups is 1. The molecule has 4 heteroatoms. The van der Waals surface area contributed by atoms with E-state index < -0.39 is 0 Å². The molecule has 0 aliphatic carbocycles. The summed E-state index contributed by atoms with van der Waals surface area (Å²) in [7, 11) is 0. The number of rotatable bonds is 5.